The van der Waals surface area contributed by atoms with Crippen LogP contribution in [0.2, 0.25) is 0 Å². The number of carbonyl (C=O) groups excluding carboxylic acids is 1. The van der Waals surface area contributed by atoms with Crippen LogP contribution < -0.4 is 5.32 Å². The normalized spacial score (nSPS) is 17.3. The second-order valence-corrected chi connectivity index (χ2v) is 5.73. The van der Waals surface area contributed by atoms with Crippen molar-refractivity contribution in [2.45, 2.75) is 12.8 Å². The average molecular weight is 326 g/mol. The fourth-order valence-corrected chi connectivity index (χ4v) is 2.79. The summed E-state index contributed by atoms with van der Waals surface area (Å²) in [5, 5.41) is 12.2. The van der Waals surface area contributed by atoms with Gasteiger partial charge in [0.25, 0.3) is 5.91 Å². The van der Waals surface area contributed by atoms with E-state index in [4.69, 9.17) is 5.11 Å². The molecule has 1 aliphatic heterocycles. The van der Waals surface area contributed by atoms with Crippen molar-refractivity contribution >= 4 is 23.4 Å². The number of piperidine rings is 1. The third kappa shape index (κ3) is 3.68. The largest absolute Gasteiger partial charge is 0.481 e. The molecular formula is C17H18N4O3. The number of rotatable bonds is 4. The number of anilines is 2. The molecule has 1 saturated heterocycles. The quantitative estimate of drug-likeness (QED) is 0.894. The van der Waals surface area contributed by atoms with Gasteiger partial charge < -0.3 is 15.3 Å². The lowest BCUT2D eigenvalue weighted by molar-refractivity contribution is -0.143. The maximum Gasteiger partial charge on any atom is 0.308 e. The van der Waals surface area contributed by atoms with Crippen LogP contribution in [0.4, 0.5) is 11.5 Å². The van der Waals surface area contributed by atoms with Crippen molar-refractivity contribution in [2.75, 3.05) is 18.4 Å². The molecule has 0 unspecified atom stereocenters. The first-order valence-corrected chi connectivity index (χ1v) is 7.78. The number of carboxylic acid groups (broad SMARTS) is 1. The molecule has 1 amide bonds. The molecule has 2 N–H and O–H groups in total. The Morgan fingerprint density at radius 1 is 1.29 bits per heavy atom. The van der Waals surface area contributed by atoms with Gasteiger partial charge in [0.2, 0.25) is 0 Å². The minimum Gasteiger partial charge on any atom is -0.481 e. The number of likely N-dealkylation sites (tertiary alicyclic amines) is 1. The number of aliphatic carboxylic acids is 1. The lowest BCUT2D eigenvalue weighted by Crippen LogP contribution is -2.42. The minimum atomic E-state index is -0.842. The molecule has 2 heterocycles. The molecule has 1 fully saturated rings. The Morgan fingerprint density at radius 3 is 2.92 bits per heavy atom. The van der Waals surface area contributed by atoms with Gasteiger partial charge >= 0.3 is 5.97 Å². The molecule has 0 radical (unpaired) electrons. The van der Waals surface area contributed by atoms with Crippen LogP contribution in [0.25, 0.3) is 0 Å². The minimum absolute atomic E-state index is 0.149. The lowest BCUT2D eigenvalue weighted by Gasteiger charge is -2.30. The first-order valence-electron chi connectivity index (χ1n) is 7.78. The van der Waals surface area contributed by atoms with Crippen molar-refractivity contribution in [1.29, 1.82) is 0 Å². The topological polar surface area (TPSA) is 95.4 Å². The van der Waals surface area contributed by atoms with Crippen molar-refractivity contribution in [2.24, 2.45) is 5.92 Å². The number of carboxylic acids is 1. The molecule has 7 heteroatoms. The number of hydrogen-bond donors (Lipinski definition) is 2. The fraction of sp³-hybridized carbons (Fsp3) is 0.294. The summed E-state index contributed by atoms with van der Waals surface area (Å²) in [5.41, 5.74) is 1.25. The van der Waals surface area contributed by atoms with Gasteiger partial charge in [-0.25, -0.2) is 4.98 Å². The van der Waals surface area contributed by atoms with E-state index in [9.17, 15) is 9.59 Å². The smallest absolute Gasteiger partial charge is 0.308 e. The zero-order valence-corrected chi connectivity index (χ0v) is 13.1. The van der Waals surface area contributed by atoms with Crippen molar-refractivity contribution in [3.63, 3.8) is 0 Å². The van der Waals surface area contributed by atoms with Crippen LogP contribution in [-0.2, 0) is 4.79 Å². The van der Waals surface area contributed by atoms with Crippen molar-refractivity contribution in [3.05, 3.63) is 48.4 Å². The number of hydrogen-bond acceptors (Lipinski definition) is 5. The van der Waals surface area contributed by atoms with Gasteiger partial charge in [-0.15, -0.1) is 0 Å². The summed E-state index contributed by atoms with van der Waals surface area (Å²) in [6, 6.07) is 7.09. The van der Waals surface area contributed by atoms with Crippen molar-refractivity contribution in [3.8, 4) is 0 Å². The predicted octanol–water partition coefficient (Wildman–Crippen LogP) is 2.16. The Morgan fingerprint density at radius 2 is 2.17 bits per heavy atom. The predicted molar refractivity (Wildman–Crippen MR) is 88.0 cm³/mol. The Hall–Kier alpha value is -2.96. The van der Waals surface area contributed by atoms with Gasteiger partial charge in [-0.1, -0.05) is 6.07 Å². The summed E-state index contributed by atoms with van der Waals surface area (Å²) in [4.78, 5) is 33.5. The van der Waals surface area contributed by atoms with E-state index < -0.39 is 11.9 Å². The number of aromatic nitrogens is 2. The molecule has 0 aliphatic carbocycles. The SMILES string of the molecule is O=C(O)[C@@H]1CCCN(C(=O)c2cccc(Nc3cnccn3)c2)C1. The highest BCUT2D eigenvalue weighted by Crippen LogP contribution is 2.21. The van der Waals surface area contributed by atoms with E-state index in [1.54, 1.807) is 41.7 Å². The van der Waals surface area contributed by atoms with Crippen LogP contribution in [0.5, 0.6) is 0 Å². The van der Waals surface area contributed by atoms with Crippen molar-refractivity contribution in [1.82, 2.24) is 14.9 Å². The van der Waals surface area contributed by atoms with Crippen molar-refractivity contribution < 1.29 is 14.7 Å². The number of benzene rings is 1. The number of carbonyl (C=O) groups is 2. The van der Waals surface area contributed by atoms with Crippen LogP contribution in [0.3, 0.4) is 0 Å². The molecule has 1 aromatic heterocycles. The van der Waals surface area contributed by atoms with E-state index in [1.807, 2.05) is 6.07 Å². The van der Waals surface area contributed by atoms with Gasteiger partial charge in [0.15, 0.2) is 0 Å². The second kappa shape index (κ2) is 7.08. The monoisotopic (exact) mass is 326 g/mol. The first kappa shape index (κ1) is 15.9. The van der Waals surface area contributed by atoms with Crippen LogP contribution in [0.15, 0.2) is 42.9 Å². The Balaban J connectivity index is 1.73. The molecule has 7 nitrogen and oxygen atoms in total. The standard InChI is InChI=1S/C17H18N4O3/c22-16(21-8-2-4-13(11-21)17(23)24)12-3-1-5-14(9-12)20-15-10-18-6-7-19-15/h1,3,5-7,9-10,13H,2,4,8,11H2,(H,19,20)(H,23,24)/t13-/m1/s1. The van der Waals surface area contributed by atoms with Crippen LogP contribution in [0, 0.1) is 5.92 Å². The molecule has 0 saturated carbocycles. The van der Waals surface area contributed by atoms with Crippen LogP contribution >= 0.6 is 0 Å². The molecule has 1 aromatic carbocycles. The Kier molecular flexibility index (Phi) is 4.69. The van der Waals surface area contributed by atoms with E-state index in [-0.39, 0.29) is 12.5 Å². The summed E-state index contributed by atoms with van der Waals surface area (Å²) in [6.45, 7) is 0.848. The van der Waals surface area contributed by atoms with Crippen LogP contribution in [0.1, 0.15) is 23.2 Å². The summed E-state index contributed by atoms with van der Waals surface area (Å²) in [7, 11) is 0. The summed E-state index contributed by atoms with van der Waals surface area (Å²) in [6.07, 6.45) is 6.09. The molecule has 124 valence electrons. The zero-order chi connectivity index (χ0) is 16.9. The molecule has 2 aromatic rings. The average Bonchev–Trinajstić information content (AvgIpc) is 2.62. The summed E-state index contributed by atoms with van der Waals surface area (Å²) >= 11 is 0. The van der Waals surface area contributed by atoms with Gasteiger partial charge in [-0.05, 0) is 31.0 Å². The van der Waals surface area contributed by atoms with E-state index in [2.05, 4.69) is 15.3 Å². The van der Waals surface area contributed by atoms with Gasteiger partial charge in [0.05, 0.1) is 12.1 Å². The fourth-order valence-electron chi connectivity index (χ4n) is 2.79. The summed E-state index contributed by atoms with van der Waals surface area (Å²) < 4.78 is 0. The molecular weight excluding hydrogens is 308 g/mol. The molecule has 0 spiro atoms. The molecule has 0 bridgehead atoms. The van der Waals surface area contributed by atoms with Gasteiger partial charge in [0.1, 0.15) is 5.82 Å². The lowest BCUT2D eigenvalue weighted by atomic mass is 9.97. The maximum atomic E-state index is 12.6. The highest BCUT2D eigenvalue weighted by Gasteiger charge is 2.28. The maximum absolute atomic E-state index is 12.6. The Bertz CT molecular complexity index is 736. The molecule has 1 atom stereocenters. The van der Waals surface area contributed by atoms with E-state index in [0.29, 0.717) is 30.8 Å². The third-order valence-corrected chi connectivity index (χ3v) is 4.00. The van der Waals surface area contributed by atoms with E-state index in [0.717, 1.165) is 5.69 Å². The third-order valence-electron chi connectivity index (χ3n) is 4.00. The van der Waals surface area contributed by atoms with Gasteiger partial charge in [0, 0.05) is 36.7 Å². The van der Waals surface area contributed by atoms with E-state index >= 15 is 0 Å². The molecule has 1 aliphatic rings. The summed E-state index contributed by atoms with van der Waals surface area (Å²) in [5.74, 6) is -0.885. The molecule has 3 rings (SSSR count). The van der Waals surface area contributed by atoms with Gasteiger partial charge in [-0.3, -0.25) is 14.6 Å². The molecule has 24 heavy (non-hydrogen) atoms. The first-order chi connectivity index (χ1) is 11.6. The highest BCUT2D eigenvalue weighted by atomic mass is 16.4. The Labute approximate surface area is 139 Å². The number of amides is 1. The van der Waals surface area contributed by atoms with Crippen LogP contribution in [-0.4, -0.2) is 44.9 Å². The second-order valence-electron chi connectivity index (χ2n) is 5.73. The number of nitrogens with zero attached hydrogens (tertiary/aromatic N) is 3. The van der Waals surface area contributed by atoms with Gasteiger partial charge in [-0.2, -0.15) is 0 Å². The highest BCUT2D eigenvalue weighted by molar-refractivity contribution is 5.95. The zero-order valence-electron chi connectivity index (χ0n) is 13.1. The van der Waals surface area contributed by atoms with E-state index in [1.165, 1.54) is 0 Å². The number of nitrogens with one attached hydrogen (secondary N) is 1.